The van der Waals surface area contributed by atoms with Gasteiger partial charge in [-0.2, -0.15) is 8.42 Å². The van der Waals surface area contributed by atoms with Crippen molar-refractivity contribution in [1.82, 2.24) is 0 Å². The van der Waals surface area contributed by atoms with Gasteiger partial charge in [-0.25, -0.2) is 0 Å². The fourth-order valence-corrected chi connectivity index (χ4v) is 0.566. The second-order valence-corrected chi connectivity index (χ2v) is 3.05. The molecular formula is C7H10ClF2NO2S. The maximum Gasteiger partial charge on any atom is 0.476 e. The van der Waals surface area contributed by atoms with E-state index in [9.17, 15) is 7.77 Å². The molecule has 0 aliphatic rings. The van der Waals surface area contributed by atoms with Gasteiger partial charge in [0, 0.05) is 5.69 Å². The maximum absolute atomic E-state index is 9.99. The van der Waals surface area contributed by atoms with Gasteiger partial charge in [0.25, 0.3) is 0 Å². The van der Waals surface area contributed by atoms with Crippen molar-refractivity contribution in [2.24, 2.45) is 0 Å². The van der Waals surface area contributed by atoms with Crippen molar-refractivity contribution in [2.75, 3.05) is 5.73 Å². The van der Waals surface area contributed by atoms with E-state index in [4.69, 9.17) is 14.2 Å². The first-order chi connectivity index (χ1) is 5.79. The first kappa shape index (κ1) is 15.6. The molecule has 0 bridgehead atoms. The highest BCUT2D eigenvalue weighted by atomic mass is 35.5. The van der Waals surface area contributed by atoms with Crippen LogP contribution in [0.2, 0.25) is 0 Å². The van der Waals surface area contributed by atoms with Crippen LogP contribution in [0.3, 0.4) is 0 Å². The number of nitrogens with two attached hydrogens (primary N) is 1. The summed E-state index contributed by atoms with van der Waals surface area (Å²) in [5.74, 6) is 0. The fourth-order valence-electron chi connectivity index (χ4n) is 0.566. The van der Waals surface area contributed by atoms with E-state index in [1.54, 1.807) is 0 Å². The minimum Gasteiger partial charge on any atom is -0.399 e. The topological polar surface area (TPSA) is 60.2 Å². The zero-order valence-corrected chi connectivity index (χ0v) is 8.91. The average Bonchev–Trinajstić information content (AvgIpc) is 1.92. The van der Waals surface area contributed by atoms with Crippen LogP contribution < -0.4 is 5.73 Å². The van der Waals surface area contributed by atoms with Crippen molar-refractivity contribution in [1.29, 1.82) is 0 Å². The lowest BCUT2D eigenvalue weighted by Gasteiger charge is -1.90. The number of aryl methyl sites for hydroxylation is 1. The Labute approximate surface area is 87.8 Å². The van der Waals surface area contributed by atoms with Crippen LogP contribution in [0, 0.1) is 6.92 Å². The average molecular weight is 246 g/mol. The van der Waals surface area contributed by atoms with Crippen molar-refractivity contribution in [3.8, 4) is 0 Å². The van der Waals surface area contributed by atoms with Crippen LogP contribution in [0.1, 0.15) is 5.56 Å². The molecule has 2 N–H and O–H groups in total. The number of benzene rings is 1. The van der Waals surface area contributed by atoms with Crippen molar-refractivity contribution in [3.63, 3.8) is 0 Å². The standard InChI is InChI=1S/C7H9N.ClH.F2O2S/c1-6-2-4-7(8)5-3-6;;1-5(2,3)4/h2-5H,8H2,1H3;1H;. The predicted octanol–water partition coefficient (Wildman–Crippen LogP) is 2.17. The van der Waals surface area contributed by atoms with Gasteiger partial charge in [0.05, 0.1) is 0 Å². The summed E-state index contributed by atoms with van der Waals surface area (Å²) < 4.78 is 36.6. The molecule has 1 aromatic rings. The molecule has 1 rings (SSSR count). The third-order valence-electron chi connectivity index (χ3n) is 1.08. The molecule has 0 atom stereocenters. The molecule has 0 saturated heterocycles. The van der Waals surface area contributed by atoms with E-state index in [2.05, 4.69) is 0 Å². The third kappa shape index (κ3) is 13.7. The van der Waals surface area contributed by atoms with E-state index in [0.29, 0.717) is 0 Å². The van der Waals surface area contributed by atoms with Crippen LogP contribution in [0.5, 0.6) is 0 Å². The first-order valence-corrected chi connectivity index (χ1v) is 4.54. The Morgan fingerprint density at radius 1 is 1.14 bits per heavy atom. The molecule has 82 valence electrons. The van der Waals surface area contributed by atoms with Crippen LogP contribution in [-0.2, 0) is 10.6 Å². The van der Waals surface area contributed by atoms with Gasteiger partial charge < -0.3 is 5.73 Å². The highest BCUT2D eigenvalue weighted by molar-refractivity contribution is 7.81. The van der Waals surface area contributed by atoms with Gasteiger partial charge in [0.15, 0.2) is 0 Å². The molecule has 0 radical (unpaired) electrons. The maximum atomic E-state index is 9.99. The molecular weight excluding hydrogens is 236 g/mol. The van der Waals surface area contributed by atoms with Gasteiger partial charge in [-0.05, 0) is 19.1 Å². The van der Waals surface area contributed by atoms with Crippen molar-refractivity contribution in [3.05, 3.63) is 29.8 Å². The Hall–Kier alpha value is -0.880. The molecule has 0 amide bonds. The van der Waals surface area contributed by atoms with Crippen molar-refractivity contribution >= 4 is 28.7 Å². The molecule has 0 aliphatic carbocycles. The van der Waals surface area contributed by atoms with Crippen LogP contribution in [0.4, 0.5) is 13.5 Å². The molecule has 7 heteroatoms. The molecule has 0 aliphatic heterocycles. The van der Waals surface area contributed by atoms with E-state index in [0.717, 1.165) is 5.69 Å². The third-order valence-corrected chi connectivity index (χ3v) is 1.08. The SMILES string of the molecule is Cc1ccc(N)cc1.Cl.O=S(=O)(F)F. The van der Waals surface area contributed by atoms with E-state index >= 15 is 0 Å². The summed E-state index contributed by atoms with van der Waals surface area (Å²) in [4.78, 5) is 0. The quantitative estimate of drug-likeness (QED) is 0.563. The number of anilines is 1. The molecule has 0 heterocycles. The molecule has 0 saturated carbocycles. The summed E-state index contributed by atoms with van der Waals surface area (Å²) in [6.45, 7) is 2.04. The summed E-state index contributed by atoms with van der Waals surface area (Å²) >= 11 is 0. The summed E-state index contributed by atoms with van der Waals surface area (Å²) in [6, 6.07) is 7.79. The second kappa shape index (κ2) is 6.56. The van der Waals surface area contributed by atoms with Crippen LogP contribution in [0.15, 0.2) is 24.3 Å². The van der Waals surface area contributed by atoms with Crippen LogP contribution in [-0.4, -0.2) is 8.42 Å². The number of hydrogen-bond acceptors (Lipinski definition) is 3. The highest BCUT2D eigenvalue weighted by Crippen LogP contribution is 2.02. The molecule has 0 fully saturated rings. The lowest BCUT2D eigenvalue weighted by molar-refractivity contribution is 0.501. The van der Waals surface area contributed by atoms with Gasteiger partial charge >= 0.3 is 10.6 Å². The Morgan fingerprint density at radius 2 is 1.43 bits per heavy atom. The Morgan fingerprint density at radius 3 is 1.64 bits per heavy atom. The smallest absolute Gasteiger partial charge is 0.399 e. The van der Waals surface area contributed by atoms with Crippen LogP contribution >= 0.6 is 12.4 Å². The lowest BCUT2D eigenvalue weighted by atomic mass is 10.2. The monoisotopic (exact) mass is 245 g/mol. The van der Waals surface area contributed by atoms with Gasteiger partial charge in [-0.1, -0.05) is 25.5 Å². The van der Waals surface area contributed by atoms with Gasteiger partial charge in [-0.15, -0.1) is 12.4 Å². The summed E-state index contributed by atoms with van der Waals surface area (Å²) in [7, 11) is -5.67. The first-order valence-electron chi connectivity index (χ1n) is 3.25. The summed E-state index contributed by atoms with van der Waals surface area (Å²) in [5.41, 5.74) is 7.51. The fraction of sp³-hybridized carbons (Fsp3) is 0.143. The number of halogens is 3. The normalized spacial score (nSPS) is 9.36. The van der Waals surface area contributed by atoms with E-state index in [1.807, 2.05) is 31.2 Å². The van der Waals surface area contributed by atoms with Gasteiger partial charge in [-0.3, -0.25) is 0 Å². The Kier molecular flexibility index (Phi) is 7.30. The minimum atomic E-state index is -5.67. The molecule has 0 unspecified atom stereocenters. The number of nitrogen functional groups attached to an aromatic ring is 1. The zero-order valence-electron chi connectivity index (χ0n) is 7.28. The summed E-state index contributed by atoms with van der Waals surface area (Å²) in [5, 5.41) is 0. The number of hydrogen-bond donors (Lipinski definition) is 1. The van der Waals surface area contributed by atoms with E-state index < -0.39 is 10.6 Å². The molecule has 14 heavy (non-hydrogen) atoms. The van der Waals surface area contributed by atoms with Crippen molar-refractivity contribution < 1.29 is 16.2 Å². The van der Waals surface area contributed by atoms with E-state index in [-0.39, 0.29) is 12.4 Å². The number of rotatable bonds is 0. The lowest BCUT2D eigenvalue weighted by Crippen LogP contribution is -1.81. The molecule has 0 aromatic heterocycles. The highest BCUT2D eigenvalue weighted by Gasteiger charge is 1.94. The summed E-state index contributed by atoms with van der Waals surface area (Å²) in [6.07, 6.45) is 0. The van der Waals surface area contributed by atoms with Crippen LogP contribution in [0.25, 0.3) is 0 Å². The minimum absolute atomic E-state index is 0. The van der Waals surface area contributed by atoms with E-state index in [1.165, 1.54) is 5.56 Å². The molecule has 0 spiro atoms. The molecule has 1 aromatic carbocycles. The predicted molar refractivity (Wildman–Crippen MR) is 54.0 cm³/mol. The van der Waals surface area contributed by atoms with Gasteiger partial charge in [0.1, 0.15) is 0 Å². The Bertz CT molecular complexity index is 323. The largest absolute Gasteiger partial charge is 0.476 e. The molecule has 3 nitrogen and oxygen atoms in total. The second-order valence-electron chi connectivity index (χ2n) is 2.29. The zero-order chi connectivity index (χ0) is 10.5. The Balaban J connectivity index is 0. The van der Waals surface area contributed by atoms with Gasteiger partial charge in [0.2, 0.25) is 0 Å². The van der Waals surface area contributed by atoms with Crippen molar-refractivity contribution in [2.45, 2.75) is 6.92 Å².